The van der Waals surface area contributed by atoms with E-state index in [2.05, 4.69) is 5.32 Å². The van der Waals surface area contributed by atoms with Gasteiger partial charge in [-0.1, -0.05) is 42.5 Å². The van der Waals surface area contributed by atoms with E-state index in [9.17, 15) is 19.7 Å². The van der Waals surface area contributed by atoms with Crippen LogP contribution in [0.2, 0.25) is 0 Å². The molecule has 0 saturated heterocycles. The summed E-state index contributed by atoms with van der Waals surface area (Å²) in [6, 6.07) is 28.4. The van der Waals surface area contributed by atoms with Gasteiger partial charge in [-0.2, -0.15) is 0 Å². The van der Waals surface area contributed by atoms with Crippen LogP contribution in [0.4, 0.5) is 11.4 Å². The standard InChI is InChI=1S/C27H19N3O4S/c31-26(29-24-10-3-1-8-22(24)23-9-2-4-11-25(23)29)17-35-21-7-5-6-19(16-21)28-27(32)18-12-14-20(15-13-18)30(33)34/h1-16H,17H2,(H,28,32). The van der Waals surface area contributed by atoms with Crippen LogP contribution in [0, 0.1) is 10.1 Å². The van der Waals surface area contributed by atoms with E-state index >= 15 is 0 Å². The lowest BCUT2D eigenvalue weighted by Gasteiger charge is -2.09. The predicted molar refractivity (Wildman–Crippen MR) is 138 cm³/mol. The van der Waals surface area contributed by atoms with Crippen molar-refractivity contribution in [2.24, 2.45) is 0 Å². The van der Waals surface area contributed by atoms with E-state index in [4.69, 9.17) is 0 Å². The molecule has 0 saturated carbocycles. The normalized spacial score (nSPS) is 11.0. The van der Waals surface area contributed by atoms with E-state index in [-0.39, 0.29) is 23.3 Å². The molecule has 5 rings (SSSR count). The third kappa shape index (κ3) is 4.51. The second kappa shape index (κ2) is 9.44. The van der Waals surface area contributed by atoms with Crippen LogP contribution in [0.3, 0.4) is 0 Å². The predicted octanol–water partition coefficient (Wildman–Crippen LogP) is 6.39. The molecule has 0 aliphatic carbocycles. The molecule has 1 heterocycles. The number of nitro groups is 1. The number of fused-ring (bicyclic) bond motifs is 3. The van der Waals surface area contributed by atoms with Crippen molar-refractivity contribution in [3.8, 4) is 0 Å². The van der Waals surface area contributed by atoms with Gasteiger partial charge >= 0.3 is 0 Å². The first-order valence-corrected chi connectivity index (χ1v) is 11.8. The molecule has 0 bridgehead atoms. The molecule has 1 aromatic heterocycles. The summed E-state index contributed by atoms with van der Waals surface area (Å²) in [5, 5.41) is 15.7. The number of hydrogen-bond acceptors (Lipinski definition) is 5. The first-order valence-electron chi connectivity index (χ1n) is 10.8. The molecule has 8 heteroatoms. The minimum Gasteiger partial charge on any atom is -0.322 e. The summed E-state index contributed by atoms with van der Waals surface area (Å²) in [5.74, 6) is -0.182. The Morgan fingerprint density at radius 3 is 2.09 bits per heavy atom. The van der Waals surface area contributed by atoms with Crippen LogP contribution in [0.1, 0.15) is 15.2 Å². The summed E-state index contributed by atoms with van der Waals surface area (Å²) in [4.78, 5) is 36.9. The van der Waals surface area contributed by atoms with Crippen LogP contribution in [-0.4, -0.2) is 27.1 Å². The van der Waals surface area contributed by atoms with Gasteiger partial charge in [0.15, 0.2) is 0 Å². The quantitative estimate of drug-likeness (QED) is 0.172. The van der Waals surface area contributed by atoms with Crippen molar-refractivity contribution in [1.29, 1.82) is 0 Å². The largest absolute Gasteiger partial charge is 0.322 e. The molecule has 0 atom stereocenters. The number of anilines is 1. The van der Waals surface area contributed by atoms with Crippen LogP contribution in [0.25, 0.3) is 21.8 Å². The molecule has 7 nitrogen and oxygen atoms in total. The Morgan fingerprint density at radius 2 is 1.46 bits per heavy atom. The fourth-order valence-electron chi connectivity index (χ4n) is 4.00. The van der Waals surface area contributed by atoms with Crippen molar-refractivity contribution in [2.45, 2.75) is 4.90 Å². The van der Waals surface area contributed by atoms with Crippen LogP contribution in [0.15, 0.2) is 102 Å². The SMILES string of the molecule is O=C(Nc1cccc(SCC(=O)n2c3ccccc3c3ccccc32)c1)c1ccc([N+](=O)[O-])cc1. The highest BCUT2D eigenvalue weighted by Crippen LogP contribution is 2.30. The number of rotatable bonds is 6. The van der Waals surface area contributed by atoms with Crippen molar-refractivity contribution in [3.05, 3.63) is 113 Å². The molecular formula is C27H19N3O4S. The van der Waals surface area contributed by atoms with Crippen LogP contribution in [-0.2, 0) is 0 Å². The zero-order chi connectivity index (χ0) is 24.4. The first-order chi connectivity index (χ1) is 17.0. The number of non-ortho nitro benzene ring substituents is 1. The highest BCUT2D eigenvalue weighted by molar-refractivity contribution is 8.00. The number of carbonyl (C=O) groups is 2. The second-order valence-electron chi connectivity index (χ2n) is 7.84. The lowest BCUT2D eigenvalue weighted by Crippen LogP contribution is -2.13. The van der Waals surface area contributed by atoms with Gasteiger partial charge in [0.2, 0.25) is 5.91 Å². The van der Waals surface area contributed by atoms with E-state index < -0.39 is 4.92 Å². The summed E-state index contributed by atoms with van der Waals surface area (Å²) in [6.45, 7) is 0. The van der Waals surface area contributed by atoms with Crippen molar-refractivity contribution >= 4 is 56.8 Å². The van der Waals surface area contributed by atoms with E-state index in [1.54, 1.807) is 22.8 Å². The van der Waals surface area contributed by atoms with Crippen LogP contribution >= 0.6 is 11.8 Å². The molecule has 5 aromatic rings. The van der Waals surface area contributed by atoms with E-state index in [0.717, 1.165) is 26.7 Å². The number of benzene rings is 4. The number of nitrogens with zero attached hydrogens (tertiary/aromatic N) is 2. The highest BCUT2D eigenvalue weighted by Gasteiger charge is 2.16. The number of para-hydroxylation sites is 2. The van der Waals surface area contributed by atoms with Gasteiger partial charge in [-0.05, 0) is 42.5 Å². The lowest BCUT2D eigenvalue weighted by molar-refractivity contribution is -0.384. The maximum atomic E-state index is 13.3. The van der Waals surface area contributed by atoms with Gasteiger partial charge in [-0.15, -0.1) is 11.8 Å². The number of amides is 1. The molecule has 0 aliphatic rings. The molecule has 0 unspecified atom stereocenters. The van der Waals surface area contributed by atoms with Gasteiger partial charge in [0.05, 0.1) is 21.7 Å². The number of nitrogens with one attached hydrogen (secondary N) is 1. The summed E-state index contributed by atoms with van der Waals surface area (Å²) < 4.78 is 1.76. The number of hydrogen-bond donors (Lipinski definition) is 1. The first kappa shape index (κ1) is 22.4. The average molecular weight is 482 g/mol. The molecule has 172 valence electrons. The van der Waals surface area contributed by atoms with Gasteiger partial charge in [-0.25, -0.2) is 0 Å². The minimum absolute atomic E-state index is 0.0345. The van der Waals surface area contributed by atoms with Crippen LogP contribution < -0.4 is 5.32 Å². The molecule has 0 fully saturated rings. The monoisotopic (exact) mass is 481 g/mol. The zero-order valence-corrected chi connectivity index (χ0v) is 19.2. The Kier molecular flexibility index (Phi) is 6.03. The van der Waals surface area contributed by atoms with E-state index in [1.165, 1.54) is 36.0 Å². The number of nitro benzene ring substituents is 1. The Balaban J connectivity index is 1.31. The van der Waals surface area contributed by atoms with Gasteiger partial charge < -0.3 is 5.32 Å². The Bertz CT molecular complexity index is 1540. The van der Waals surface area contributed by atoms with Gasteiger partial charge in [0.1, 0.15) is 0 Å². The molecule has 35 heavy (non-hydrogen) atoms. The Labute approximate surface area is 204 Å². The maximum Gasteiger partial charge on any atom is 0.269 e. The molecule has 4 aromatic carbocycles. The van der Waals surface area contributed by atoms with Crippen molar-refractivity contribution in [3.63, 3.8) is 0 Å². The molecule has 0 spiro atoms. The minimum atomic E-state index is -0.511. The summed E-state index contributed by atoms with van der Waals surface area (Å²) in [7, 11) is 0. The molecule has 0 radical (unpaired) electrons. The average Bonchev–Trinajstić information content (AvgIpc) is 3.22. The molecule has 1 amide bonds. The van der Waals surface area contributed by atoms with Gasteiger partial charge in [0.25, 0.3) is 11.6 Å². The highest BCUT2D eigenvalue weighted by atomic mass is 32.2. The van der Waals surface area contributed by atoms with Crippen molar-refractivity contribution in [2.75, 3.05) is 11.1 Å². The summed E-state index contributed by atoms with van der Waals surface area (Å²) >= 11 is 1.39. The topological polar surface area (TPSA) is 94.2 Å². The smallest absolute Gasteiger partial charge is 0.269 e. The molecular weight excluding hydrogens is 462 g/mol. The second-order valence-corrected chi connectivity index (χ2v) is 8.89. The fourth-order valence-corrected chi connectivity index (χ4v) is 4.81. The third-order valence-electron chi connectivity index (χ3n) is 5.62. The summed E-state index contributed by atoms with van der Waals surface area (Å²) in [6.07, 6.45) is 0. The third-order valence-corrected chi connectivity index (χ3v) is 6.60. The Morgan fingerprint density at radius 1 is 0.829 bits per heavy atom. The molecule has 1 N–H and O–H groups in total. The number of aromatic nitrogens is 1. The van der Waals surface area contributed by atoms with Crippen LogP contribution in [0.5, 0.6) is 0 Å². The summed E-state index contributed by atoms with van der Waals surface area (Å²) in [5.41, 5.74) is 2.57. The fraction of sp³-hybridized carbons (Fsp3) is 0.0370. The van der Waals surface area contributed by atoms with Gasteiger partial charge in [-0.3, -0.25) is 24.3 Å². The van der Waals surface area contributed by atoms with Gasteiger partial charge in [0, 0.05) is 39.1 Å². The molecule has 0 aliphatic heterocycles. The zero-order valence-electron chi connectivity index (χ0n) is 18.4. The number of carbonyl (C=O) groups excluding carboxylic acids is 2. The van der Waals surface area contributed by atoms with Crippen molar-refractivity contribution in [1.82, 2.24) is 4.57 Å². The Hall–Kier alpha value is -4.43. The maximum absolute atomic E-state index is 13.3. The van der Waals surface area contributed by atoms with Crippen molar-refractivity contribution < 1.29 is 14.5 Å². The van der Waals surface area contributed by atoms with E-state index in [0.29, 0.717) is 11.3 Å². The number of thioether (sulfide) groups is 1. The van der Waals surface area contributed by atoms with E-state index in [1.807, 2.05) is 54.6 Å². The lowest BCUT2D eigenvalue weighted by atomic mass is 10.2.